The van der Waals surface area contributed by atoms with Crippen molar-refractivity contribution < 1.29 is 24.5 Å². The fourth-order valence-electron chi connectivity index (χ4n) is 5.44. The molecule has 1 aromatic carbocycles. The molecule has 7 heteroatoms. The average Bonchev–Trinajstić information content (AvgIpc) is 3.19. The number of allylic oxidation sites excluding steroid dienone is 2. The Labute approximate surface area is 228 Å². The summed E-state index contributed by atoms with van der Waals surface area (Å²) in [6, 6.07) is 8.07. The fourth-order valence-corrected chi connectivity index (χ4v) is 5.88. The van der Waals surface area contributed by atoms with Crippen LogP contribution in [0.15, 0.2) is 36.4 Å². The van der Waals surface area contributed by atoms with Gasteiger partial charge in [-0.1, -0.05) is 62.6 Å². The van der Waals surface area contributed by atoms with Crippen LogP contribution in [0, 0.1) is 5.92 Å². The summed E-state index contributed by atoms with van der Waals surface area (Å²) in [7, 11) is 0. The van der Waals surface area contributed by atoms with Crippen molar-refractivity contribution in [3.63, 3.8) is 0 Å². The number of nitrogens with zero attached hydrogens (tertiary/aromatic N) is 1. The molecule has 5 atom stereocenters. The van der Waals surface area contributed by atoms with Crippen molar-refractivity contribution in [1.29, 1.82) is 0 Å². The van der Waals surface area contributed by atoms with Crippen molar-refractivity contribution >= 4 is 17.6 Å². The monoisotopic (exact) mass is 535 g/mol. The number of halogens is 1. The Morgan fingerprint density at radius 1 is 1.19 bits per heavy atom. The molecule has 0 bridgehead atoms. The minimum Gasteiger partial charge on any atom is -0.464 e. The molecule has 1 saturated heterocycles. The molecule has 208 valence electrons. The van der Waals surface area contributed by atoms with Crippen LogP contribution in [0.4, 0.5) is 0 Å². The lowest BCUT2D eigenvalue weighted by Crippen LogP contribution is -2.38. The van der Waals surface area contributed by atoms with Gasteiger partial charge >= 0.3 is 5.97 Å². The molecule has 2 fully saturated rings. The van der Waals surface area contributed by atoms with Crippen LogP contribution >= 0.6 is 11.6 Å². The van der Waals surface area contributed by atoms with Gasteiger partial charge in [-0.3, -0.25) is 9.69 Å². The third-order valence-electron chi connectivity index (χ3n) is 7.70. The van der Waals surface area contributed by atoms with Crippen LogP contribution in [0.1, 0.15) is 87.9 Å². The number of aliphatic hydroxyl groups excluding tert-OH is 2. The number of morpholine rings is 1. The van der Waals surface area contributed by atoms with Crippen molar-refractivity contribution in [1.82, 2.24) is 4.90 Å². The van der Waals surface area contributed by atoms with Gasteiger partial charge in [0.1, 0.15) is 6.61 Å². The zero-order valence-electron chi connectivity index (χ0n) is 22.4. The van der Waals surface area contributed by atoms with Crippen molar-refractivity contribution in [3.8, 4) is 0 Å². The van der Waals surface area contributed by atoms with Crippen LogP contribution < -0.4 is 0 Å². The van der Waals surface area contributed by atoms with E-state index in [-0.39, 0.29) is 23.2 Å². The molecule has 1 aromatic rings. The van der Waals surface area contributed by atoms with Crippen LogP contribution in [0.3, 0.4) is 0 Å². The number of carbonyl (C=O) groups is 1. The van der Waals surface area contributed by atoms with Gasteiger partial charge in [-0.25, -0.2) is 0 Å². The summed E-state index contributed by atoms with van der Waals surface area (Å²) in [5.74, 6) is -0.00124. The molecule has 1 aliphatic heterocycles. The molecule has 1 saturated carbocycles. The minimum atomic E-state index is -0.464. The molecule has 6 nitrogen and oxygen atoms in total. The maximum absolute atomic E-state index is 12.0. The van der Waals surface area contributed by atoms with E-state index in [1.165, 1.54) is 0 Å². The van der Waals surface area contributed by atoms with E-state index in [9.17, 15) is 15.0 Å². The number of unbranched alkanes of at least 4 members (excludes halogenated alkanes) is 3. The number of esters is 1. The van der Waals surface area contributed by atoms with E-state index in [0.29, 0.717) is 19.4 Å². The van der Waals surface area contributed by atoms with Gasteiger partial charge < -0.3 is 19.7 Å². The summed E-state index contributed by atoms with van der Waals surface area (Å²) in [6.07, 6.45) is 10.8. The van der Waals surface area contributed by atoms with E-state index < -0.39 is 12.2 Å². The highest BCUT2D eigenvalue weighted by Gasteiger charge is 2.41. The van der Waals surface area contributed by atoms with Gasteiger partial charge in [0.05, 0.1) is 25.4 Å². The summed E-state index contributed by atoms with van der Waals surface area (Å²) in [4.78, 5) is 14.2. The van der Waals surface area contributed by atoms with Crippen molar-refractivity contribution in [2.75, 3.05) is 39.5 Å². The molecule has 2 aliphatic rings. The average molecular weight is 536 g/mol. The van der Waals surface area contributed by atoms with E-state index in [1.54, 1.807) is 0 Å². The van der Waals surface area contributed by atoms with Crippen LogP contribution in [0.5, 0.6) is 0 Å². The van der Waals surface area contributed by atoms with Crippen LogP contribution in [0.25, 0.3) is 0 Å². The first-order valence-electron chi connectivity index (χ1n) is 14.2. The van der Waals surface area contributed by atoms with E-state index in [0.717, 1.165) is 88.9 Å². The second kappa shape index (κ2) is 16.5. The molecule has 3 unspecified atom stereocenters. The summed E-state index contributed by atoms with van der Waals surface area (Å²) in [6.45, 7) is 6.68. The van der Waals surface area contributed by atoms with Gasteiger partial charge in [-0.15, -0.1) is 11.6 Å². The quantitative estimate of drug-likeness (QED) is 0.136. The molecular weight excluding hydrogens is 490 g/mol. The Morgan fingerprint density at radius 2 is 1.95 bits per heavy atom. The van der Waals surface area contributed by atoms with Gasteiger partial charge in [-0.2, -0.15) is 0 Å². The first kappa shape index (κ1) is 30.1. The molecule has 1 heterocycles. The van der Waals surface area contributed by atoms with Crippen molar-refractivity contribution in [2.24, 2.45) is 5.92 Å². The Morgan fingerprint density at radius 3 is 2.68 bits per heavy atom. The second-order valence-electron chi connectivity index (χ2n) is 10.5. The molecule has 2 N–H and O–H groups in total. The summed E-state index contributed by atoms with van der Waals surface area (Å²) < 4.78 is 10.7. The standard InChI is InChI=1S/C30H46ClNO5/c1-2-3-6-10-27(33)23-12-14-24(15-13-23)30-25(26(31)22-28(30)34)9-7-4-5-8-11-29(35)37-21-18-32-16-19-36-20-17-32/h4,7,12-15,25-28,30,33-34H,2-3,5-6,8-11,16-22H2,1H3/b7-4-/t25?,26-,27?,28-,30?/m1/s1. The highest BCUT2D eigenvalue weighted by molar-refractivity contribution is 6.21. The molecule has 0 radical (unpaired) electrons. The third kappa shape index (κ3) is 9.99. The number of carbonyl (C=O) groups excluding carboxylic acids is 1. The van der Waals surface area contributed by atoms with Gasteiger partial charge in [-0.05, 0) is 49.1 Å². The van der Waals surface area contributed by atoms with E-state index in [2.05, 4.69) is 24.0 Å². The molecule has 0 spiro atoms. The lowest BCUT2D eigenvalue weighted by atomic mass is 9.84. The highest BCUT2D eigenvalue weighted by atomic mass is 35.5. The lowest BCUT2D eigenvalue weighted by molar-refractivity contribution is -0.144. The van der Waals surface area contributed by atoms with Crippen molar-refractivity contribution in [3.05, 3.63) is 47.5 Å². The zero-order valence-corrected chi connectivity index (χ0v) is 23.2. The molecule has 1 aliphatic carbocycles. The number of aliphatic hydroxyl groups is 2. The van der Waals surface area contributed by atoms with Crippen LogP contribution in [0.2, 0.25) is 0 Å². The normalized spacial score (nSPS) is 25.5. The Bertz CT molecular complexity index is 811. The molecule has 0 amide bonds. The van der Waals surface area contributed by atoms with E-state index >= 15 is 0 Å². The molecule has 3 rings (SSSR count). The summed E-state index contributed by atoms with van der Waals surface area (Å²) in [5, 5.41) is 21.1. The minimum absolute atomic E-state index is 0.0140. The van der Waals surface area contributed by atoms with Gasteiger partial charge in [0.15, 0.2) is 0 Å². The lowest BCUT2D eigenvalue weighted by Gasteiger charge is -2.26. The van der Waals surface area contributed by atoms with Gasteiger partial charge in [0.2, 0.25) is 0 Å². The first-order valence-corrected chi connectivity index (χ1v) is 14.6. The molecule has 0 aromatic heterocycles. The Hall–Kier alpha value is -1.44. The first-order chi connectivity index (χ1) is 18.0. The Kier molecular flexibility index (Phi) is 13.4. The van der Waals surface area contributed by atoms with Gasteiger partial charge in [0, 0.05) is 37.4 Å². The smallest absolute Gasteiger partial charge is 0.305 e. The number of ether oxygens (including phenoxy) is 2. The summed E-state index contributed by atoms with van der Waals surface area (Å²) >= 11 is 6.65. The topological polar surface area (TPSA) is 79.2 Å². The largest absolute Gasteiger partial charge is 0.464 e. The van der Waals surface area contributed by atoms with Crippen LogP contribution in [-0.4, -0.2) is 72.0 Å². The van der Waals surface area contributed by atoms with E-state index in [1.807, 2.05) is 24.3 Å². The fraction of sp³-hybridized carbons (Fsp3) is 0.700. The number of alkyl halides is 1. The third-order valence-corrected chi connectivity index (χ3v) is 8.20. The van der Waals surface area contributed by atoms with E-state index in [4.69, 9.17) is 21.1 Å². The summed E-state index contributed by atoms with van der Waals surface area (Å²) in [5.41, 5.74) is 2.02. The van der Waals surface area contributed by atoms with Crippen molar-refractivity contribution in [2.45, 2.75) is 88.2 Å². The zero-order chi connectivity index (χ0) is 26.5. The number of benzene rings is 1. The van der Waals surface area contributed by atoms with Gasteiger partial charge in [0.25, 0.3) is 0 Å². The molecular formula is C30H46ClNO5. The maximum atomic E-state index is 12.0. The number of hydrogen-bond acceptors (Lipinski definition) is 6. The van der Waals surface area contributed by atoms with Crippen LogP contribution in [-0.2, 0) is 14.3 Å². The number of hydrogen-bond donors (Lipinski definition) is 2. The second-order valence-corrected chi connectivity index (χ2v) is 11.0. The maximum Gasteiger partial charge on any atom is 0.305 e. The predicted octanol–water partition coefficient (Wildman–Crippen LogP) is 5.36. The highest BCUT2D eigenvalue weighted by Crippen LogP contribution is 2.45. The number of rotatable bonds is 15. The SMILES string of the molecule is CCCCCC(O)c1ccc(C2C(C/C=C\CCCC(=O)OCCN3CCOCC3)[C@H](Cl)C[C@H]2O)cc1. The molecule has 37 heavy (non-hydrogen) atoms. The Balaban J connectivity index is 1.38. The predicted molar refractivity (Wildman–Crippen MR) is 148 cm³/mol.